The Bertz CT molecular complexity index is 935. The van der Waals surface area contributed by atoms with Crippen LogP contribution in [0.3, 0.4) is 0 Å². The van der Waals surface area contributed by atoms with E-state index >= 15 is 0 Å². The molecule has 2 aromatic carbocycles. The molecule has 6 heteroatoms. The lowest BCUT2D eigenvalue weighted by Gasteiger charge is -2.14. The van der Waals surface area contributed by atoms with E-state index in [1.807, 2.05) is 19.1 Å². The maximum atomic E-state index is 11.3. The Balaban J connectivity index is 2.01. The monoisotopic (exact) mass is 372 g/mol. The molecule has 0 aliphatic carbocycles. The number of pyridine rings is 1. The molecule has 0 saturated heterocycles. The standard InChI is InChI=1S/C19H14Cl2N2O2/c1-11-8-12(6-7-22-11)13-9-15(20)18(16(21)10-13)23-17-5-3-2-4-14(17)19(24)25/h2-10,23H,1H3,(H,24,25). The summed E-state index contributed by atoms with van der Waals surface area (Å²) in [5.41, 5.74) is 3.73. The highest BCUT2D eigenvalue weighted by molar-refractivity contribution is 6.39. The van der Waals surface area contributed by atoms with E-state index in [0.717, 1.165) is 16.8 Å². The van der Waals surface area contributed by atoms with Crippen molar-refractivity contribution in [1.29, 1.82) is 0 Å². The number of rotatable bonds is 4. The van der Waals surface area contributed by atoms with Crippen LogP contribution >= 0.6 is 23.2 Å². The van der Waals surface area contributed by atoms with E-state index in [4.69, 9.17) is 23.2 Å². The molecule has 3 aromatic rings. The topological polar surface area (TPSA) is 62.2 Å². The highest BCUT2D eigenvalue weighted by Gasteiger charge is 2.14. The average molecular weight is 373 g/mol. The van der Waals surface area contributed by atoms with Gasteiger partial charge < -0.3 is 10.4 Å². The normalized spacial score (nSPS) is 10.5. The number of benzene rings is 2. The minimum absolute atomic E-state index is 0.142. The third kappa shape index (κ3) is 3.76. The molecular weight excluding hydrogens is 359 g/mol. The summed E-state index contributed by atoms with van der Waals surface area (Å²) in [6, 6.07) is 14.0. The molecule has 0 unspecified atom stereocenters. The second-order valence-corrected chi connectivity index (χ2v) is 6.29. The quantitative estimate of drug-likeness (QED) is 0.606. The first-order valence-electron chi connectivity index (χ1n) is 7.47. The van der Waals surface area contributed by atoms with E-state index in [2.05, 4.69) is 10.3 Å². The number of nitrogens with one attached hydrogen (secondary N) is 1. The van der Waals surface area contributed by atoms with Gasteiger partial charge >= 0.3 is 5.97 Å². The summed E-state index contributed by atoms with van der Waals surface area (Å²) in [6.45, 7) is 1.91. The van der Waals surface area contributed by atoms with Crippen LogP contribution in [0.5, 0.6) is 0 Å². The third-order valence-corrected chi connectivity index (χ3v) is 4.29. The SMILES string of the molecule is Cc1cc(-c2cc(Cl)c(Nc3ccccc3C(=O)O)c(Cl)c2)ccn1. The van der Waals surface area contributed by atoms with Crippen molar-refractivity contribution < 1.29 is 9.90 Å². The average Bonchev–Trinajstić information content (AvgIpc) is 2.58. The second kappa shape index (κ2) is 7.13. The molecule has 3 rings (SSSR count). The van der Waals surface area contributed by atoms with Crippen LogP contribution in [0.25, 0.3) is 11.1 Å². The van der Waals surface area contributed by atoms with Crippen LogP contribution in [-0.4, -0.2) is 16.1 Å². The van der Waals surface area contributed by atoms with Gasteiger partial charge in [-0.05, 0) is 54.4 Å². The number of aromatic nitrogens is 1. The van der Waals surface area contributed by atoms with Gasteiger partial charge in [-0.3, -0.25) is 4.98 Å². The first-order valence-corrected chi connectivity index (χ1v) is 8.22. The number of nitrogens with zero attached hydrogens (tertiary/aromatic N) is 1. The molecule has 4 nitrogen and oxygen atoms in total. The second-order valence-electron chi connectivity index (χ2n) is 5.48. The summed E-state index contributed by atoms with van der Waals surface area (Å²) in [4.78, 5) is 15.5. The largest absolute Gasteiger partial charge is 0.478 e. The van der Waals surface area contributed by atoms with Crippen molar-refractivity contribution in [1.82, 2.24) is 4.98 Å². The van der Waals surface area contributed by atoms with Gasteiger partial charge in [0.2, 0.25) is 0 Å². The number of hydrogen-bond acceptors (Lipinski definition) is 3. The minimum Gasteiger partial charge on any atom is -0.478 e. The van der Waals surface area contributed by atoms with Gasteiger partial charge in [0.1, 0.15) is 0 Å². The maximum absolute atomic E-state index is 11.3. The van der Waals surface area contributed by atoms with Crippen LogP contribution in [0.4, 0.5) is 11.4 Å². The van der Waals surface area contributed by atoms with E-state index in [1.54, 1.807) is 36.5 Å². The third-order valence-electron chi connectivity index (χ3n) is 3.69. The number of carboxylic acid groups (broad SMARTS) is 1. The summed E-state index contributed by atoms with van der Waals surface area (Å²) < 4.78 is 0. The van der Waals surface area contributed by atoms with Crippen molar-refractivity contribution in [3.05, 3.63) is 76.0 Å². The molecular formula is C19H14Cl2N2O2. The van der Waals surface area contributed by atoms with Crippen molar-refractivity contribution in [3.8, 4) is 11.1 Å². The Kier molecular flexibility index (Phi) is 4.93. The van der Waals surface area contributed by atoms with Crippen LogP contribution < -0.4 is 5.32 Å². The van der Waals surface area contributed by atoms with Crippen molar-refractivity contribution in [2.24, 2.45) is 0 Å². The number of aromatic carboxylic acids is 1. The van der Waals surface area contributed by atoms with Gasteiger partial charge in [0.15, 0.2) is 0 Å². The van der Waals surface area contributed by atoms with Crippen molar-refractivity contribution >= 4 is 40.5 Å². The first-order chi connectivity index (χ1) is 12.0. The smallest absolute Gasteiger partial charge is 0.337 e. The predicted octanol–water partition coefficient (Wildman–Crippen LogP) is 5.81. The predicted molar refractivity (Wildman–Crippen MR) is 101 cm³/mol. The van der Waals surface area contributed by atoms with Gasteiger partial charge in [0.25, 0.3) is 0 Å². The molecule has 25 heavy (non-hydrogen) atoms. The van der Waals surface area contributed by atoms with Gasteiger partial charge in [-0.1, -0.05) is 35.3 Å². The fourth-order valence-electron chi connectivity index (χ4n) is 2.50. The van der Waals surface area contributed by atoms with Crippen molar-refractivity contribution in [2.45, 2.75) is 6.92 Å². The Morgan fingerprint density at radius 2 is 1.72 bits per heavy atom. The Hall–Kier alpha value is -2.56. The molecule has 0 saturated carbocycles. The van der Waals surface area contributed by atoms with Crippen LogP contribution in [-0.2, 0) is 0 Å². The number of aryl methyl sites for hydroxylation is 1. The minimum atomic E-state index is -1.03. The van der Waals surface area contributed by atoms with Gasteiger partial charge in [-0.15, -0.1) is 0 Å². The van der Waals surface area contributed by atoms with Crippen LogP contribution in [0.1, 0.15) is 16.1 Å². The van der Waals surface area contributed by atoms with E-state index in [1.165, 1.54) is 6.07 Å². The molecule has 0 amide bonds. The molecule has 1 aromatic heterocycles. The van der Waals surface area contributed by atoms with Crippen LogP contribution in [0.15, 0.2) is 54.7 Å². The lowest BCUT2D eigenvalue weighted by molar-refractivity contribution is 0.0698. The highest BCUT2D eigenvalue weighted by atomic mass is 35.5. The molecule has 0 radical (unpaired) electrons. The van der Waals surface area contributed by atoms with Crippen LogP contribution in [0.2, 0.25) is 10.0 Å². The summed E-state index contributed by atoms with van der Waals surface area (Å²) in [5, 5.41) is 13.1. The lowest BCUT2D eigenvalue weighted by Crippen LogP contribution is -2.03. The van der Waals surface area contributed by atoms with Gasteiger partial charge in [0.05, 0.1) is 27.0 Å². The molecule has 0 fully saturated rings. The van der Waals surface area contributed by atoms with Gasteiger partial charge in [0, 0.05) is 11.9 Å². The molecule has 0 atom stereocenters. The zero-order chi connectivity index (χ0) is 18.0. The molecule has 2 N–H and O–H groups in total. The van der Waals surface area contributed by atoms with E-state index < -0.39 is 5.97 Å². The van der Waals surface area contributed by atoms with Crippen molar-refractivity contribution in [2.75, 3.05) is 5.32 Å². The van der Waals surface area contributed by atoms with E-state index in [-0.39, 0.29) is 5.56 Å². The summed E-state index contributed by atoms with van der Waals surface area (Å²) in [7, 11) is 0. The molecule has 0 spiro atoms. The zero-order valence-corrected chi connectivity index (χ0v) is 14.8. The molecule has 0 aliphatic rings. The number of halogens is 2. The zero-order valence-electron chi connectivity index (χ0n) is 13.3. The maximum Gasteiger partial charge on any atom is 0.337 e. The fourth-order valence-corrected chi connectivity index (χ4v) is 3.08. The summed E-state index contributed by atoms with van der Waals surface area (Å²) in [5.74, 6) is -1.03. The van der Waals surface area contributed by atoms with Gasteiger partial charge in [-0.2, -0.15) is 0 Å². The molecule has 0 bridgehead atoms. The van der Waals surface area contributed by atoms with Crippen molar-refractivity contribution in [3.63, 3.8) is 0 Å². The van der Waals surface area contributed by atoms with Gasteiger partial charge in [-0.25, -0.2) is 4.79 Å². The highest BCUT2D eigenvalue weighted by Crippen LogP contribution is 2.38. The number of anilines is 2. The van der Waals surface area contributed by atoms with E-state index in [0.29, 0.717) is 21.4 Å². The van der Waals surface area contributed by atoms with E-state index in [9.17, 15) is 9.90 Å². The number of para-hydroxylation sites is 1. The Morgan fingerprint density at radius 3 is 2.36 bits per heavy atom. The number of carboxylic acids is 1. The number of carbonyl (C=O) groups is 1. The Morgan fingerprint density at radius 1 is 1.04 bits per heavy atom. The molecule has 126 valence electrons. The summed E-state index contributed by atoms with van der Waals surface area (Å²) >= 11 is 12.8. The van der Waals surface area contributed by atoms with Crippen LogP contribution in [0, 0.1) is 6.92 Å². The number of hydrogen-bond donors (Lipinski definition) is 2. The summed E-state index contributed by atoms with van der Waals surface area (Å²) in [6.07, 6.45) is 1.72. The molecule has 0 aliphatic heterocycles. The molecule has 1 heterocycles. The lowest BCUT2D eigenvalue weighted by atomic mass is 10.1. The first kappa shape index (κ1) is 17.3. The fraction of sp³-hybridized carbons (Fsp3) is 0.0526. The Labute approximate surface area is 155 Å².